The second kappa shape index (κ2) is 9.47. The lowest BCUT2D eigenvalue weighted by molar-refractivity contribution is 0.412. The van der Waals surface area contributed by atoms with Crippen LogP contribution in [0.15, 0.2) is 59.5 Å². The normalized spacial score (nSPS) is 14.8. The van der Waals surface area contributed by atoms with Crippen molar-refractivity contribution < 1.29 is 9.13 Å². The van der Waals surface area contributed by atoms with Crippen molar-refractivity contribution in [2.45, 2.75) is 24.2 Å². The van der Waals surface area contributed by atoms with Crippen LogP contribution in [0, 0.1) is 5.82 Å². The van der Waals surface area contributed by atoms with E-state index in [9.17, 15) is 4.39 Å². The standard InChI is InChI=1S/C25H30FN3OS/c1-25(2,22-6-4-5-18-7-8-19(26)15-21(18)22)17-28-31-20-9-10-24(30-3)23(16-20)29-13-11-27-12-14-29/h4-10,15-16,27-28H,11-14,17H2,1-3H3. The Bertz CT molecular complexity index is 1050. The molecule has 1 aliphatic heterocycles. The fourth-order valence-corrected chi connectivity index (χ4v) is 5.02. The molecule has 4 nitrogen and oxygen atoms in total. The SMILES string of the molecule is COc1ccc(SNCC(C)(C)c2cccc3ccc(F)cc23)cc1N1CCNCC1. The number of anilines is 1. The van der Waals surface area contributed by atoms with Crippen molar-refractivity contribution in [3.05, 3.63) is 66.0 Å². The van der Waals surface area contributed by atoms with Gasteiger partial charge < -0.3 is 15.0 Å². The number of benzene rings is 3. The molecule has 2 N–H and O–H groups in total. The van der Waals surface area contributed by atoms with Gasteiger partial charge in [0.15, 0.2) is 0 Å². The van der Waals surface area contributed by atoms with Gasteiger partial charge in [0.1, 0.15) is 11.6 Å². The Morgan fingerprint density at radius 1 is 1.10 bits per heavy atom. The maximum Gasteiger partial charge on any atom is 0.142 e. The summed E-state index contributed by atoms with van der Waals surface area (Å²) in [6.45, 7) is 9.06. The number of rotatable bonds is 7. The molecule has 1 fully saturated rings. The molecule has 0 unspecified atom stereocenters. The monoisotopic (exact) mass is 439 g/mol. The van der Waals surface area contributed by atoms with Crippen molar-refractivity contribution in [3.63, 3.8) is 0 Å². The quantitative estimate of drug-likeness (QED) is 0.508. The molecule has 1 heterocycles. The lowest BCUT2D eigenvalue weighted by Crippen LogP contribution is -2.43. The molecular weight excluding hydrogens is 409 g/mol. The summed E-state index contributed by atoms with van der Waals surface area (Å²) < 4.78 is 23.0. The molecule has 3 aromatic carbocycles. The molecule has 0 atom stereocenters. The highest BCUT2D eigenvalue weighted by molar-refractivity contribution is 7.97. The molecule has 1 saturated heterocycles. The van der Waals surface area contributed by atoms with Crippen LogP contribution in [-0.4, -0.2) is 39.8 Å². The summed E-state index contributed by atoms with van der Waals surface area (Å²) in [4.78, 5) is 3.52. The second-order valence-electron chi connectivity index (χ2n) is 8.55. The Balaban J connectivity index is 1.48. The van der Waals surface area contributed by atoms with Gasteiger partial charge in [0.05, 0.1) is 12.8 Å². The predicted octanol–water partition coefficient (Wildman–Crippen LogP) is 4.97. The molecule has 0 radical (unpaired) electrons. The first kappa shape index (κ1) is 21.9. The maximum absolute atomic E-state index is 13.9. The average Bonchev–Trinajstić information content (AvgIpc) is 2.79. The van der Waals surface area contributed by atoms with Gasteiger partial charge >= 0.3 is 0 Å². The number of methoxy groups -OCH3 is 1. The third kappa shape index (κ3) is 4.97. The van der Waals surface area contributed by atoms with Crippen LogP contribution in [0.3, 0.4) is 0 Å². The lowest BCUT2D eigenvalue weighted by atomic mass is 9.82. The largest absolute Gasteiger partial charge is 0.495 e. The first-order chi connectivity index (χ1) is 15.0. The number of piperazine rings is 1. The zero-order valence-corrected chi connectivity index (χ0v) is 19.2. The maximum atomic E-state index is 13.9. The zero-order valence-electron chi connectivity index (χ0n) is 18.4. The molecule has 0 aliphatic carbocycles. The van der Waals surface area contributed by atoms with E-state index in [0.717, 1.165) is 65.4 Å². The van der Waals surface area contributed by atoms with E-state index in [-0.39, 0.29) is 11.2 Å². The number of ether oxygens (including phenoxy) is 1. The topological polar surface area (TPSA) is 36.5 Å². The summed E-state index contributed by atoms with van der Waals surface area (Å²) >= 11 is 1.63. The van der Waals surface area contributed by atoms with E-state index >= 15 is 0 Å². The Morgan fingerprint density at radius 2 is 1.90 bits per heavy atom. The van der Waals surface area contributed by atoms with Gasteiger partial charge in [0.2, 0.25) is 0 Å². The minimum atomic E-state index is -0.197. The number of hydrogen-bond acceptors (Lipinski definition) is 5. The van der Waals surface area contributed by atoms with Crippen LogP contribution in [0.25, 0.3) is 10.8 Å². The molecule has 1 aliphatic rings. The fraction of sp³-hybridized carbons (Fsp3) is 0.360. The second-order valence-corrected chi connectivity index (χ2v) is 9.51. The molecule has 3 aromatic rings. The van der Waals surface area contributed by atoms with Crippen molar-refractivity contribution in [1.82, 2.24) is 10.0 Å². The number of halogens is 1. The zero-order chi connectivity index (χ0) is 21.8. The smallest absolute Gasteiger partial charge is 0.142 e. The summed E-state index contributed by atoms with van der Waals surface area (Å²) in [6.07, 6.45) is 0. The van der Waals surface area contributed by atoms with Crippen LogP contribution in [0.5, 0.6) is 5.75 Å². The molecule has 31 heavy (non-hydrogen) atoms. The van der Waals surface area contributed by atoms with Crippen molar-refractivity contribution in [2.24, 2.45) is 0 Å². The predicted molar refractivity (Wildman–Crippen MR) is 129 cm³/mol. The molecule has 6 heteroatoms. The lowest BCUT2D eigenvalue weighted by Gasteiger charge is -2.31. The van der Waals surface area contributed by atoms with Crippen molar-refractivity contribution in [3.8, 4) is 5.75 Å². The van der Waals surface area contributed by atoms with Gasteiger partial charge in [-0.05, 0) is 58.6 Å². The summed E-state index contributed by atoms with van der Waals surface area (Å²) in [5.41, 5.74) is 2.13. The molecule has 0 bridgehead atoms. The van der Waals surface area contributed by atoms with Gasteiger partial charge in [-0.25, -0.2) is 4.39 Å². The fourth-order valence-electron chi connectivity index (χ4n) is 4.12. The number of nitrogens with one attached hydrogen (secondary N) is 2. The summed E-state index contributed by atoms with van der Waals surface area (Å²) in [6, 6.07) is 17.5. The van der Waals surface area contributed by atoms with Gasteiger partial charge in [-0.3, -0.25) is 4.72 Å². The van der Waals surface area contributed by atoms with E-state index < -0.39 is 0 Å². The minimum absolute atomic E-state index is 0.159. The van der Waals surface area contributed by atoms with E-state index in [4.69, 9.17) is 4.74 Å². The number of hydrogen-bond donors (Lipinski definition) is 2. The Hall–Kier alpha value is -2.28. The van der Waals surface area contributed by atoms with Crippen molar-refractivity contribution >= 4 is 28.4 Å². The van der Waals surface area contributed by atoms with Gasteiger partial charge in [-0.1, -0.05) is 38.1 Å². The molecule has 0 saturated carbocycles. The van der Waals surface area contributed by atoms with E-state index in [0.29, 0.717) is 0 Å². The number of nitrogens with zero attached hydrogens (tertiary/aromatic N) is 1. The van der Waals surface area contributed by atoms with Crippen molar-refractivity contribution in [2.75, 3.05) is 44.7 Å². The van der Waals surface area contributed by atoms with Crippen molar-refractivity contribution in [1.29, 1.82) is 0 Å². The third-order valence-electron chi connectivity index (χ3n) is 5.89. The molecule has 4 rings (SSSR count). The van der Waals surface area contributed by atoms with Crippen LogP contribution in [0.4, 0.5) is 10.1 Å². The van der Waals surface area contributed by atoms with Crippen LogP contribution in [-0.2, 0) is 5.41 Å². The van der Waals surface area contributed by atoms with E-state index in [1.807, 2.05) is 24.3 Å². The summed E-state index contributed by atoms with van der Waals surface area (Å²) in [5, 5.41) is 5.44. The van der Waals surface area contributed by atoms with Gasteiger partial charge in [0.25, 0.3) is 0 Å². The van der Waals surface area contributed by atoms with E-state index in [2.05, 4.69) is 47.0 Å². The van der Waals surface area contributed by atoms with E-state index in [1.54, 1.807) is 25.1 Å². The first-order valence-corrected chi connectivity index (χ1v) is 11.5. The summed E-state index contributed by atoms with van der Waals surface area (Å²) in [5.74, 6) is 0.709. The highest BCUT2D eigenvalue weighted by atomic mass is 32.2. The Kier molecular flexibility index (Phi) is 6.70. The van der Waals surface area contributed by atoms with Crippen LogP contribution in [0.2, 0.25) is 0 Å². The van der Waals surface area contributed by atoms with Gasteiger partial charge in [0, 0.05) is 43.0 Å². The molecular formula is C25H30FN3OS. The molecule has 0 amide bonds. The van der Waals surface area contributed by atoms with E-state index in [1.165, 1.54) is 6.07 Å². The van der Waals surface area contributed by atoms with Crippen LogP contribution < -0.4 is 19.7 Å². The molecule has 0 aromatic heterocycles. The van der Waals surface area contributed by atoms with Gasteiger partial charge in [-0.2, -0.15) is 0 Å². The minimum Gasteiger partial charge on any atom is -0.495 e. The Labute approximate surface area is 188 Å². The first-order valence-electron chi connectivity index (χ1n) is 10.7. The van der Waals surface area contributed by atoms with Crippen LogP contribution in [0.1, 0.15) is 19.4 Å². The summed E-state index contributed by atoms with van der Waals surface area (Å²) in [7, 11) is 1.72. The third-order valence-corrected chi connectivity index (χ3v) is 6.66. The molecule has 164 valence electrons. The number of fused-ring (bicyclic) bond motifs is 1. The van der Waals surface area contributed by atoms with Crippen LogP contribution >= 0.6 is 11.9 Å². The highest BCUT2D eigenvalue weighted by Gasteiger charge is 2.23. The molecule has 0 spiro atoms. The van der Waals surface area contributed by atoms with Gasteiger partial charge in [-0.15, -0.1) is 0 Å². The highest BCUT2D eigenvalue weighted by Crippen LogP contribution is 2.34. The Morgan fingerprint density at radius 3 is 2.68 bits per heavy atom. The average molecular weight is 440 g/mol.